The van der Waals surface area contributed by atoms with E-state index in [-0.39, 0.29) is 140 Å². The minimum atomic E-state index is -0.750. The van der Waals surface area contributed by atoms with Gasteiger partial charge in [-0.2, -0.15) is 0 Å². The average Bonchev–Trinajstić information content (AvgIpc) is 1.70. The molecule has 0 rings (SSSR count). The second-order valence-electron chi connectivity index (χ2n) is 0.424. The second kappa shape index (κ2) is 391. The number of aliphatic hydroxyl groups is 6. The fraction of sp³-hybridized carbons (Fsp3) is 1.00. The van der Waals surface area contributed by atoms with Crippen LogP contribution >= 0.6 is 0 Å². The van der Waals surface area contributed by atoms with E-state index in [2.05, 4.69) is 0 Å². The van der Waals surface area contributed by atoms with Crippen LogP contribution in [0.1, 0.15) is 74.3 Å². The molecule has 0 aromatic rings. The summed E-state index contributed by atoms with van der Waals surface area (Å²) in [4.78, 5) is 0. The molecule has 0 aromatic heterocycles. The molecule has 2 radical (unpaired) electrons. The third-order valence-corrected chi connectivity index (χ3v) is 0. The predicted molar refractivity (Wildman–Crippen MR) is 95.2 cm³/mol. The summed E-state index contributed by atoms with van der Waals surface area (Å²) in [6.07, 6.45) is 0. The molecular formula is C13H52O6Y2. The van der Waals surface area contributed by atoms with Gasteiger partial charge in [0.25, 0.3) is 0 Å². The van der Waals surface area contributed by atoms with Gasteiger partial charge in [-0.15, -0.1) is 0 Å². The van der Waals surface area contributed by atoms with Gasteiger partial charge in [-0.05, 0) is 0 Å². The molecule has 0 spiro atoms. The normalized spacial score (nSPS) is 2.57. The van der Waals surface area contributed by atoms with Gasteiger partial charge in [0.2, 0.25) is 0 Å². The summed E-state index contributed by atoms with van der Waals surface area (Å²) in [5.74, 6) is 0. The summed E-state index contributed by atoms with van der Waals surface area (Å²) < 4.78 is 0. The Morgan fingerprint density at radius 1 is 0.286 bits per heavy atom. The molecule has 0 heterocycles. The number of hydrogen-bond acceptors (Lipinski definition) is 6. The minimum absolute atomic E-state index is 0. The molecule has 0 aliphatic heterocycles. The topological polar surface area (TPSA) is 121 Å². The largest absolute Gasteiger partial charge is 0.371 e. The summed E-state index contributed by atoms with van der Waals surface area (Å²) in [7, 11) is 0. The molecule has 0 unspecified atom stereocenters. The molecule has 0 atom stereocenters. The predicted octanol–water partition coefficient (Wildman–Crippen LogP) is 3.14. The van der Waals surface area contributed by atoms with Gasteiger partial charge in [0.05, 0.1) is 0 Å². The van der Waals surface area contributed by atoms with Crippen molar-refractivity contribution in [2.24, 2.45) is 0 Å². The number of hydrogen-bond donors (Lipinski definition) is 6. The zero-order valence-electron chi connectivity index (χ0n) is 5.96. The Labute approximate surface area is 189 Å². The van der Waals surface area contributed by atoms with Crippen LogP contribution < -0.4 is 0 Å². The van der Waals surface area contributed by atoms with Crippen molar-refractivity contribution >= 4 is 0 Å². The molecule has 0 aliphatic rings. The molecule has 0 amide bonds. The van der Waals surface area contributed by atoms with Crippen molar-refractivity contribution in [3.05, 3.63) is 0 Å². The van der Waals surface area contributed by atoms with Crippen molar-refractivity contribution in [3.63, 3.8) is 0 Å². The summed E-state index contributed by atoms with van der Waals surface area (Å²) in [5.41, 5.74) is 0. The molecule has 146 valence electrons. The van der Waals surface area contributed by atoms with E-state index in [1.165, 1.54) is 0 Å². The fourth-order valence-corrected chi connectivity index (χ4v) is 0. The van der Waals surface area contributed by atoms with Crippen molar-refractivity contribution in [2.45, 2.75) is 74.3 Å². The minimum Gasteiger partial charge on any atom is -0.371 e. The van der Waals surface area contributed by atoms with E-state index in [4.69, 9.17) is 30.6 Å². The van der Waals surface area contributed by atoms with Gasteiger partial charge in [0.1, 0.15) is 20.4 Å². The first-order valence-corrected chi connectivity index (χ1v) is 1.90. The third kappa shape index (κ3) is 2260. The van der Waals surface area contributed by atoms with Crippen LogP contribution in [-0.4, -0.2) is 51.0 Å². The van der Waals surface area contributed by atoms with E-state index in [0.717, 1.165) is 0 Å². The van der Waals surface area contributed by atoms with E-state index in [9.17, 15) is 0 Å². The Hall–Kier alpha value is 1.97. The molecule has 0 aliphatic carbocycles. The maximum absolute atomic E-state index is 7.12. The van der Waals surface area contributed by atoms with Crippen LogP contribution in [0, 0.1) is 0 Å². The molecule has 0 saturated heterocycles. The van der Waals surface area contributed by atoms with E-state index in [0.29, 0.717) is 0 Å². The second-order valence-corrected chi connectivity index (χ2v) is 0.424. The number of aliphatic hydroxyl groups excluding tert-OH is 3. The van der Waals surface area contributed by atoms with Crippen molar-refractivity contribution in [1.29, 1.82) is 0 Å². The monoisotopic (exact) mass is 482 g/mol. The average molecular weight is 482 g/mol. The van der Waals surface area contributed by atoms with Crippen LogP contribution in [0.2, 0.25) is 0 Å². The Balaban J connectivity index is -0.00000000154. The van der Waals surface area contributed by atoms with Crippen LogP contribution in [0.25, 0.3) is 0 Å². The van der Waals surface area contributed by atoms with Crippen molar-refractivity contribution in [1.82, 2.24) is 0 Å². The first-order chi connectivity index (χ1) is 4.24. The molecule has 0 fully saturated rings. The summed E-state index contributed by atoms with van der Waals surface area (Å²) >= 11 is 0. The number of rotatable bonds is 0. The van der Waals surface area contributed by atoms with E-state index in [1.54, 1.807) is 0 Å². The zero-order valence-corrected chi connectivity index (χ0v) is 11.6. The molecule has 6 N–H and O–H groups in total. The van der Waals surface area contributed by atoms with Gasteiger partial charge in [-0.25, -0.2) is 0 Å². The molecule has 0 aromatic carbocycles. The zero-order chi connectivity index (χ0) is 8.12. The molecule has 6 nitrogen and oxygen atoms in total. The Morgan fingerprint density at radius 3 is 0.286 bits per heavy atom. The first-order valence-electron chi connectivity index (χ1n) is 1.90. The maximum Gasteiger partial charge on any atom is 0.140 e. The van der Waals surface area contributed by atoms with E-state index >= 15 is 0 Å². The Bertz CT molecular complexity index is 31.4. The maximum atomic E-state index is 7.12. The summed E-state index contributed by atoms with van der Waals surface area (Å²) in [6.45, 7) is -2.25. The standard InChI is InChI=1S/3CH4O2.10CH4.2Y/c3*2-1-3;;;;;;;;;;;;/h3*2-3H,1H2;10*1H4;;. The van der Waals surface area contributed by atoms with Gasteiger partial charge >= 0.3 is 0 Å². The van der Waals surface area contributed by atoms with E-state index in [1.807, 2.05) is 0 Å². The van der Waals surface area contributed by atoms with Crippen molar-refractivity contribution in [2.75, 3.05) is 20.4 Å². The van der Waals surface area contributed by atoms with Crippen LogP contribution in [0.3, 0.4) is 0 Å². The van der Waals surface area contributed by atoms with Gasteiger partial charge in [0, 0.05) is 65.4 Å². The van der Waals surface area contributed by atoms with Crippen molar-refractivity contribution in [3.8, 4) is 0 Å². The molecule has 8 heteroatoms. The Kier molecular flexibility index (Phi) is 3250. The smallest absolute Gasteiger partial charge is 0.140 e. The molecule has 21 heavy (non-hydrogen) atoms. The van der Waals surface area contributed by atoms with Crippen molar-refractivity contribution < 1.29 is 96.1 Å². The summed E-state index contributed by atoms with van der Waals surface area (Å²) in [5, 5.41) is 42.8. The Morgan fingerprint density at radius 2 is 0.286 bits per heavy atom. The van der Waals surface area contributed by atoms with Gasteiger partial charge in [-0.1, -0.05) is 74.3 Å². The van der Waals surface area contributed by atoms with Crippen LogP contribution in [0.5, 0.6) is 0 Å². The quantitative estimate of drug-likeness (QED) is 0.295. The van der Waals surface area contributed by atoms with Crippen LogP contribution in [0.4, 0.5) is 0 Å². The fourth-order valence-electron chi connectivity index (χ4n) is 0. The van der Waals surface area contributed by atoms with Gasteiger partial charge in [-0.3, -0.25) is 0 Å². The van der Waals surface area contributed by atoms with Crippen LogP contribution in [-0.2, 0) is 65.4 Å². The van der Waals surface area contributed by atoms with E-state index < -0.39 is 20.4 Å². The molecule has 0 saturated carbocycles. The van der Waals surface area contributed by atoms with Crippen LogP contribution in [0.15, 0.2) is 0 Å². The van der Waals surface area contributed by atoms with Gasteiger partial charge in [0.15, 0.2) is 0 Å². The van der Waals surface area contributed by atoms with Gasteiger partial charge < -0.3 is 30.6 Å². The SMILES string of the molecule is C.C.C.C.C.C.C.C.C.C.OCO.OCO.OCO.[Y].[Y]. The first kappa shape index (κ1) is 175. The third-order valence-electron chi connectivity index (χ3n) is 0. The summed E-state index contributed by atoms with van der Waals surface area (Å²) in [6, 6.07) is 0. The molecular weight excluding hydrogens is 430 g/mol. The molecule has 0 bridgehead atoms.